The van der Waals surface area contributed by atoms with Crippen LogP contribution in [0.15, 0.2) is 48.5 Å². The Morgan fingerprint density at radius 2 is 1.70 bits per heavy atom. The first-order chi connectivity index (χ1) is 11.1. The van der Waals surface area contributed by atoms with Gasteiger partial charge in [-0.3, -0.25) is 4.79 Å². The van der Waals surface area contributed by atoms with Gasteiger partial charge in [0.1, 0.15) is 11.8 Å². The van der Waals surface area contributed by atoms with E-state index < -0.39 is 12.0 Å². The minimum absolute atomic E-state index is 0.409. The molecule has 2 aromatic carbocycles. The van der Waals surface area contributed by atoms with E-state index in [-0.39, 0.29) is 0 Å². The molecule has 2 rings (SSSR count). The molecule has 0 aliphatic carbocycles. The van der Waals surface area contributed by atoms with Crippen LogP contribution in [0.3, 0.4) is 0 Å². The highest BCUT2D eigenvalue weighted by Crippen LogP contribution is 2.15. The minimum atomic E-state index is -0.642. The fourth-order valence-electron chi connectivity index (χ4n) is 2.15. The summed E-state index contributed by atoms with van der Waals surface area (Å²) >= 11 is 5.85. The zero-order valence-electron chi connectivity index (χ0n) is 13.0. The van der Waals surface area contributed by atoms with Crippen molar-refractivity contribution >= 4 is 17.6 Å². The number of methoxy groups -OCH3 is 1. The van der Waals surface area contributed by atoms with Crippen LogP contribution in [-0.4, -0.2) is 25.7 Å². The van der Waals surface area contributed by atoms with Gasteiger partial charge in [-0.2, -0.15) is 0 Å². The first-order valence-corrected chi connectivity index (χ1v) is 7.76. The maximum absolute atomic E-state index is 11.3. The zero-order chi connectivity index (χ0) is 16.7. The molecule has 5 heteroatoms. The van der Waals surface area contributed by atoms with E-state index in [1.807, 2.05) is 48.5 Å². The van der Waals surface area contributed by atoms with Gasteiger partial charge in [-0.25, -0.2) is 0 Å². The van der Waals surface area contributed by atoms with Crippen molar-refractivity contribution in [2.75, 3.05) is 13.7 Å². The van der Waals surface area contributed by atoms with E-state index in [1.54, 1.807) is 0 Å². The Morgan fingerprint density at radius 3 is 2.30 bits per heavy atom. The number of nitrogens with two attached hydrogens (primary N) is 1. The smallest absolute Gasteiger partial charge is 0.322 e. The number of carbonyl (C=O) groups excluding carboxylic acids is 1. The van der Waals surface area contributed by atoms with Crippen LogP contribution in [-0.2, 0) is 22.4 Å². The quantitative estimate of drug-likeness (QED) is 0.791. The van der Waals surface area contributed by atoms with Gasteiger partial charge in [-0.15, -0.1) is 0 Å². The van der Waals surface area contributed by atoms with Gasteiger partial charge >= 0.3 is 5.97 Å². The van der Waals surface area contributed by atoms with Crippen molar-refractivity contribution in [2.24, 2.45) is 5.73 Å². The second kappa shape index (κ2) is 8.56. The molecule has 0 fully saturated rings. The topological polar surface area (TPSA) is 61.5 Å². The molecular weight excluding hydrogens is 314 g/mol. The summed E-state index contributed by atoms with van der Waals surface area (Å²) in [4.78, 5) is 11.3. The first kappa shape index (κ1) is 17.3. The fourth-order valence-corrected chi connectivity index (χ4v) is 2.27. The van der Waals surface area contributed by atoms with Gasteiger partial charge in [0.15, 0.2) is 0 Å². The summed E-state index contributed by atoms with van der Waals surface area (Å²) in [6.07, 6.45) is 1.25. The van der Waals surface area contributed by atoms with Crippen molar-refractivity contribution in [1.82, 2.24) is 0 Å². The molecule has 1 atom stereocenters. The van der Waals surface area contributed by atoms with Crippen molar-refractivity contribution in [3.8, 4) is 5.75 Å². The lowest BCUT2D eigenvalue weighted by Crippen LogP contribution is -2.33. The fraction of sp³-hybridized carbons (Fsp3) is 0.278. The zero-order valence-corrected chi connectivity index (χ0v) is 13.8. The summed E-state index contributed by atoms with van der Waals surface area (Å²) in [6, 6.07) is 14.6. The van der Waals surface area contributed by atoms with E-state index in [0.717, 1.165) is 22.8 Å². The molecule has 4 nitrogen and oxygen atoms in total. The number of benzene rings is 2. The number of hydrogen-bond acceptors (Lipinski definition) is 4. The Bertz CT molecular complexity index is 626. The molecule has 0 aliphatic heterocycles. The summed E-state index contributed by atoms with van der Waals surface area (Å²) in [7, 11) is 1.33. The van der Waals surface area contributed by atoms with Gasteiger partial charge in [-0.1, -0.05) is 35.9 Å². The van der Waals surface area contributed by atoms with E-state index in [4.69, 9.17) is 22.1 Å². The highest BCUT2D eigenvalue weighted by molar-refractivity contribution is 6.30. The summed E-state index contributed by atoms with van der Waals surface area (Å²) in [5, 5.41) is 0.732. The molecule has 0 amide bonds. The van der Waals surface area contributed by atoms with E-state index in [2.05, 4.69) is 4.74 Å². The van der Waals surface area contributed by atoms with Crippen molar-refractivity contribution < 1.29 is 14.3 Å². The van der Waals surface area contributed by atoms with E-state index in [1.165, 1.54) is 12.7 Å². The number of halogens is 1. The van der Waals surface area contributed by atoms with Gasteiger partial charge in [-0.05, 0) is 41.8 Å². The molecule has 2 aromatic rings. The molecule has 0 heterocycles. The van der Waals surface area contributed by atoms with Crippen LogP contribution < -0.4 is 10.5 Å². The predicted molar refractivity (Wildman–Crippen MR) is 90.8 cm³/mol. The Morgan fingerprint density at radius 1 is 1.09 bits per heavy atom. The van der Waals surface area contributed by atoms with Crippen LogP contribution in [0, 0.1) is 0 Å². The monoisotopic (exact) mass is 333 g/mol. The average Bonchev–Trinajstić information content (AvgIpc) is 2.57. The maximum Gasteiger partial charge on any atom is 0.322 e. The molecule has 0 aliphatic rings. The summed E-state index contributed by atoms with van der Waals surface area (Å²) in [5.74, 6) is 0.377. The highest BCUT2D eigenvalue weighted by atomic mass is 35.5. The van der Waals surface area contributed by atoms with E-state index in [0.29, 0.717) is 13.0 Å². The van der Waals surface area contributed by atoms with Crippen molar-refractivity contribution in [1.29, 1.82) is 0 Å². The maximum atomic E-state index is 11.3. The normalized spacial score (nSPS) is 11.8. The number of rotatable bonds is 7. The molecule has 0 radical (unpaired) electrons. The molecule has 0 saturated carbocycles. The average molecular weight is 334 g/mol. The second-order valence-corrected chi connectivity index (χ2v) is 5.64. The second-order valence-electron chi connectivity index (χ2n) is 5.20. The number of carbonyl (C=O) groups is 1. The molecule has 0 aromatic heterocycles. The number of hydrogen-bond donors (Lipinski definition) is 1. The van der Waals surface area contributed by atoms with Crippen LogP contribution in [0.5, 0.6) is 5.75 Å². The largest absolute Gasteiger partial charge is 0.493 e. The SMILES string of the molecule is COC(=O)C(N)Cc1ccc(OCCc2ccc(Cl)cc2)cc1. The summed E-state index contributed by atoms with van der Waals surface area (Å²) < 4.78 is 10.3. The lowest BCUT2D eigenvalue weighted by atomic mass is 10.1. The predicted octanol–water partition coefficient (Wildman–Crippen LogP) is 3.00. The molecule has 1 unspecified atom stereocenters. The van der Waals surface area contributed by atoms with Gasteiger partial charge in [0.05, 0.1) is 13.7 Å². The third kappa shape index (κ3) is 5.58. The number of esters is 1. The number of ether oxygens (including phenoxy) is 2. The van der Waals surface area contributed by atoms with Crippen molar-refractivity contribution in [2.45, 2.75) is 18.9 Å². The Hall–Kier alpha value is -2.04. The third-order valence-electron chi connectivity index (χ3n) is 3.46. The van der Waals surface area contributed by atoms with E-state index in [9.17, 15) is 4.79 Å². The molecule has 0 spiro atoms. The molecule has 0 bridgehead atoms. The lowest BCUT2D eigenvalue weighted by molar-refractivity contribution is -0.142. The summed E-state index contributed by atoms with van der Waals surface area (Å²) in [6.45, 7) is 0.586. The molecular formula is C18H20ClNO3. The van der Waals surface area contributed by atoms with Crippen molar-refractivity contribution in [3.05, 3.63) is 64.7 Å². The lowest BCUT2D eigenvalue weighted by Gasteiger charge is -2.10. The van der Waals surface area contributed by atoms with Crippen LogP contribution in [0.1, 0.15) is 11.1 Å². The van der Waals surface area contributed by atoms with Gasteiger partial charge < -0.3 is 15.2 Å². The van der Waals surface area contributed by atoms with Gasteiger partial charge in [0.25, 0.3) is 0 Å². The molecule has 0 saturated heterocycles. The van der Waals surface area contributed by atoms with Crippen LogP contribution in [0.2, 0.25) is 5.02 Å². The first-order valence-electron chi connectivity index (χ1n) is 7.38. The Labute approximate surface area is 141 Å². The molecule has 23 heavy (non-hydrogen) atoms. The molecule has 2 N–H and O–H groups in total. The van der Waals surface area contributed by atoms with Crippen molar-refractivity contribution in [3.63, 3.8) is 0 Å². The highest BCUT2D eigenvalue weighted by Gasteiger charge is 2.13. The van der Waals surface area contributed by atoms with E-state index >= 15 is 0 Å². The van der Waals surface area contributed by atoms with Gasteiger partial charge in [0, 0.05) is 11.4 Å². The standard InChI is InChI=1S/C18H20ClNO3/c1-22-18(21)17(20)12-14-4-8-16(9-5-14)23-11-10-13-2-6-15(19)7-3-13/h2-9,17H,10-12,20H2,1H3. The third-order valence-corrected chi connectivity index (χ3v) is 3.71. The minimum Gasteiger partial charge on any atom is -0.493 e. The Balaban J connectivity index is 1.80. The summed E-state index contributed by atoms with van der Waals surface area (Å²) in [5.41, 5.74) is 7.88. The van der Waals surface area contributed by atoms with Crippen LogP contribution in [0.4, 0.5) is 0 Å². The molecule has 122 valence electrons. The Kier molecular flexibility index (Phi) is 6.44. The van der Waals surface area contributed by atoms with Crippen LogP contribution in [0.25, 0.3) is 0 Å². The van der Waals surface area contributed by atoms with Crippen LogP contribution >= 0.6 is 11.6 Å². The van der Waals surface area contributed by atoms with Gasteiger partial charge in [0.2, 0.25) is 0 Å².